The van der Waals surface area contributed by atoms with Gasteiger partial charge in [0.2, 0.25) is 0 Å². The Labute approximate surface area is 68.4 Å². The Bertz CT molecular complexity index is 258. The van der Waals surface area contributed by atoms with Gasteiger partial charge in [0, 0.05) is 11.9 Å². The molecule has 0 aliphatic heterocycles. The zero-order chi connectivity index (χ0) is 8.27. The Hall–Kier alpha value is -1.10. The van der Waals surface area contributed by atoms with Gasteiger partial charge < -0.3 is 11.1 Å². The normalized spacial score (nSPS) is 9.55. The number of hydrogen-bond acceptors (Lipinski definition) is 4. The highest BCUT2D eigenvalue weighted by molar-refractivity contribution is 7.12. The van der Waals surface area contributed by atoms with Gasteiger partial charge in [-0.05, 0) is 6.92 Å². The zero-order valence-corrected chi connectivity index (χ0v) is 6.94. The SMILES string of the molecule is CCNC(=O)c1nc(N)cs1. The summed E-state index contributed by atoms with van der Waals surface area (Å²) in [6.45, 7) is 2.47. The zero-order valence-electron chi connectivity index (χ0n) is 6.13. The fourth-order valence-corrected chi connectivity index (χ4v) is 1.25. The minimum absolute atomic E-state index is 0.158. The average molecular weight is 171 g/mol. The van der Waals surface area contributed by atoms with E-state index in [1.54, 1.807) is 5.38 Å². The molecule has 1 heterocycles. The Balaban J connectivity index is 2.69. The number of amides is 1. The summed E-state index contributed by atoms with van der Waals surface area (Å²) >= 11 is 1.25. The number of nitrogen functional groups attached to an aromatic ring is 1. The van der Waals surface area contributed by atoms with Crippen LogP contribution in [0.25, 0.3) is 0 Å². The predicted octanol–water partition coefficient (Wildman–Crippen LogP) is 0.475. The fourth-order valence-electron chi connectivity index (χ4n) is 0.627. The highest BCUT2D eigenvalue weighted by Crippen LogP contribution is 2.09. The summed E-state index contributed by atoms with van der Waals surface area (Å²) < 4.78 is 0. The van der Waals surface area contributed by atoms with E-state index < -0.39 is 0 Å². The van der Waals surface area contributed by atoms with Crippen LogP contribution >= 0.6 is 11.3 Å². The number of carbonyl (C=O) groups excluding carboxylic acids is 1. The van der Waals surface area contributed by atoms with E-state index in [0.717, 1.165) is 0 Å². The maximum atomic E-state index is 11.0. The lowest BCUT2D eigenvalue weighted by Gasteiger charge is -1.94. The van der Waals surface area contributed by atoms with E-state index in [9.17, 15) is 4.79 Å². The molecule has 1 rings (SSSR count). The van der Waals surface area contributed by atoms with Crippen molar-refractivity contribution >= 4 is 23.1 Å². The van der Waals surface area contributed by atoms with E-state index in [1.807, 2.05) is 6.92 Å². The second-order valence-electron chi connectivity index (χ2n) is 1.94. The molecule has 0 bridgehead atoms. The lowest BCUT2D eigenvalue weighted by Crippen LogP contribution is -2.22. The average Bonchev–Trinajstić information content (AvgIpc) is 2.36. The maximum absolute atomic E-state index is 11.0. The minimum atomic E-state index is -0.158. The van der Waals surface area contributed by atoms with Crippen molar-refractivity contribution in [2.24, 2.45) is 0 Å². The van der Waals surface area contributed by atoms with Crippen molar-refractivity contribution in [3.8, 4) is 0 Å². The maximum Gasteiger partial charge on any atom is 0.280 e. The number of carbonyl (C=O) groups is 1. The standard InChI is InChI=1S/C6H9N3OS/c1-2-8-5(10)6-9-4(7)3-11-6/h3H,2,7H2,1H3,(H,8,10). The first-order chi connectivity index (χ1) is 5.24. The van der Waals surface area contributed by atoms with Crippen LogP contribution in [0.15, 0.2) is 5.38 Å². The molecule has 0 aromatic carbocycles. The summed E-state index contributed by atoms with van der Waals surface area (Å²) in [6, 6.07) is 0. The summed E-state index contributed by atoms with van der Waals surface area (Å²) in [6.07, 6.45) is 0. The quantitative estimate of drug-likeness (QED) is 0.679. The summed E-state index contributed by atoms with van der Waals surface area (Å²) in [4.78, 5) is 14.9. The highest BCUT2D eigenvalue weighted by Gasteiger charge is 2.07. The van der Waals surface area contributed by atoms with E-state index in [2.05, 4.69) is 10.3 Å². The summed E-state index contributed by atoms with van der Waals surface area (Å²) in [5.74, 6) is 0.241. The van der Waals surface area contributed by atoms with Crippen molar-refractivity contribution in [3.05, 3.63) is 10.4 Å². The van der Waals surface area contributed by atoms with Gasteiger partial charge in [-0.2, -0.15) is 0 Å². The summed E-state index contributed by atoms with van der Waals surface area (Å²) in [5, 5.41) is 4.69. The molecule has 5 heteroatoms. The van der Waals surface area contributed by atoms with Gasteiger partial charge in [0.25, 0.3) is 5.91 Å². The van der Waals surface area contributed by atoms with Gasteiger partial charge in [0.15, 0.2) is 5.01 Å². The number of nitrogens with one attached hydrogen (secondary N) is 1. The number of hydrogen-bond donors (Lipinski definition) is 2. The van der Waals surface area contributed by atoms with Crippen molar-refractivity contribution in [2.75, 3.05) is 12.3 Å². The molecule has 11 heavy (non-hydrogen) atoms. The number of thiazole rings is 1. The lowest BCUT2D eigenvalue weighted by molar-refractivity contribution is 0.0955. The number of rotatable bonds is 2. The Kier molecular flexibility index (Phi) is 2.43. The van der Waals surface area contributed by atoms with Gasteiger partial charge in [-0.1, -0.05) is 0 Å². The second kappa shape index (κ2) is 3.34. The van der Waals surface area contributed by atoms with Crippen LogP contribution < -0.4 is 11.1 Å². The Morgan fingerprint density at radius 1 is 1.91 bits per heavy atom. The Morgan fingerprint density at radius 2 is 2.64 bits per heavy atom. The van der Waals surface area contributed by atoms with Gasteiger partial charge in [-0.3, -0.25) is 4.79 Å². The topological polar surface area (TPSA) is 68.0 Å². The van der Waals surface area contributed by atoms with Gasteiger partial charge in [-0.25, -0.2) is 4.98 Å². The smallest absolute Gasteiger partial charge is 0.280 e. The Morgan fingerprint density at radius 3 is 3.09 bits per heavy atom. The summed E-state index contributed by atoms with van der Waals surface area (Å²) in [5.41, 5.74) is 5.33. The first-order valence-corrected chi connectivity index (χ1v) is 4.11. The predicted molar refractivity (Wildman–Crippen MR) is 44.5 cm³/mol. The molecule has 0 aliphatic carbocycles. The van der Waals surface area contributed by atoms with Crippen molar-refractivity contribution in [1.82, 2.24) is 10.3 Å². The molecule has 0 radical (unpaired) electrons. The third-order valence-electron chi connectivity index (χ3n) is 1.05. The molecule has 0 saturated carbocycles. The molecule has 60 valence electrons. The third-order valence-corrected chi connectivity index (χ3v) is 1.91. The van der Waals surface area contributed by atoms with Crippen LogP contribution in [0.2, 0.25) is 0 Å². The molecule has 1 aromatic heterocycles. The van der Waals surface area contributed by atoms with Crippen LogP contribution in [0.3, 0.4) is 0 Å². The van der Waals surface area contributed by atoms with Crippen molar-refractivity contribution in [1.29, 1.82) is 0 Å². The van der Waals surface area contributed by atoms with Crippen LogP contribution in [0.4, 0.5) is 5.82 Å². The fraction of sp³-hybridized carbons (Fsp3) is 0.333. The molecular formula is C6H9N3OS. The van der Waals surface area contributed by atoms with Crippen LogP contribution in [0.5, 0.6) is 0 Å². The van der Waals surface area contributed by atoms with E-state index >= 15 is 0 Å². The first-order valence-electron chi connectivity index (χ1n) is 3.23. The van der Waals surface area contributed by atoms with Crippen LogP contribution in [0, 0.1) is 0 Å². The van der Waals surface area contributed by atoms with Gasteiger partial charge in [0.05, 0.1) is 0 Å². The number of nitrogens with two attached hydrogens (primary N) is 1. The molecule has 0 spiro atoms. The molecule has 0 fully saturated rings. The van der Waals surface area contributed by atoms with Crippen LogP contribution in [0.1, 0.15) is 16.7 Å². The minimum Gasteiger partial charge on any atom is -0.383 e. The molecule has 1 aromatic rings. The van der Waals surface area contributed by atoms with E-state index in [1.165, 1.54) is 11.3 Å². The molecule has 1 amide bonds. The monoisotopic (exact) mass is 171 g/mol. The highest BCUT2D eigenvalue weighted by atomic mass is 32.1. The molecule has 0 unspecified atom stereocenters. The van der Waals surface area contributed by atoms with Crippen LogP contribution in [-0.4, -0.2) is 17.4 Å². The lowest BCUT2D eigenvalue weighted by atomic mass is 10.6. The number of anilines is 1. The molecule has 0 aliphatic rings. The molecule has 0 saturated heterocycles. The molecule has 3 N–H and O–H groups in total. The number of nitrogens with zero attached hydrogens (tertiary/aromatic N) is 1. The molecule has 0 atom stereocenters. The van der Waals surface area contributed by atoms with Crippen LogP contribution in [-0.2, 0) is 0 Å². The van der Waals surface area contributed by atoms with Gasteiger partial charge >= 0.3 is 0 Å². The number of aromatic nitrogens is 1. The van der Waals surface area contributed by atoms with Crippen molar-refractivity contribution < 1.29 is 4.79 Å². The van der Waals surface area contributed by atoms with E-state index in [4.69, 9.17) is 5.73 Å². The third kappa shape index (κ3) is 1.91. The first kappa shape index (κ1) is 8.00. The van der Waals surface area contributed by atoms with Gasteiger partial charge in [0.1, 0.15) is 5.82 Å². The van der Waals surface area contributed by atoms with Crippen molar-refractivity contribution in [3.63, 3.8) is 0 Å². The molecular weight excluding hydrogens is 162 g/mol. The van der Waals surface area contributed by atoms with E-state index in [-0.39, 0.29) is 5.91 Å². The molecule has 4 nitrogen and oxygen atoms in total. The van der Waals surface area contributed by atoms with Crippen molar-refractivity contribution in [2.45, 2.75) is 6.92 Å². The van der Waals surface area contributed by atoms with Gasteiger partial charge in [-0.15, -0.1) is 11.3 Å². The summed E-state index contributed by atoms with van der Waals surface area (Å²) in [7, 11) is 0. The largest absolute Gasteiger partial charge is 0.383 e. The second-order valence-corrected chi connectivity index (χ2v) is 2.80. The van der Waals surface area contributed by atoms with E-state index in [0.29, 0.717) is 17.4 Å².